The Balaban J connectivity index is 2.09. The zero-order valence-corrected chi connectivity index (χ0v) is 13.9. The van der Waals surface area contributed by atoms with Crippen molar-refractivity contribution >= 4 is 63.7 Å². The van der Waals surface area contributed by atoms with Crippen LogP contribution in [0.25, 0.3) is 0 Å². The maximum Gasteiger partial charge on any atom is 0.257 e. The van der Waals surface area contributed by atoms with Gasteiger partial charge in [-0.25, -0.2) is 0 Å². The number of anilines is 1. The van der Waals surface area contributed by atoms with E-state index in [1.165, 1.54) is 18.2 Å². The molecule has 1 amide bonds. The van der Waals surface area contributed by atoms with E-state index in [2.05, 4.69) is 10.6 Å². The molecule has 4 nitrogen and oxygen atoms in total. The van der Waals surface area contributed by atoms with E-state index in [-0.39, 0.29) is 21.6 Å². The lowest BCUT2D eigenvalue weighted by atomic mass is 10.2. The summed E-state index contributed by atoms with van der Waals surface area (Å²) in [6.45, 7) is 0. The van der Waals surface area contributed by atoms with Crippen molar-refractivity contribution in [3.05, 3.63) is 57.0 Å². The number of benzene rings is 2. The molecule has 0 spiro atoms. The van der Waals surface area contributed by atoms with Crippen molar-refractivity contribution in [3.63, 3.8) is 0 Å². The zero-order valence-electron chi connectivity index (χ0n) is 10.9. The van der Waals surface area contributed by atoms with Crippen LogP contribution < -0.4 is 10.6 Å². The second kappa shape index (κ2) is 7.15. The van der Waals surface area contributed by atoms with E-state index < -0.39 is 5.91 Å². The van der Waals surface area contributed by atoms with Crippen molar-refractivity contribution in [3.8, 4) is 5.75 Å². The third kappa shape index (κ3) is 4.24. The van der Waals surface area contributed by atoms with Crippen LogP contribution in [0.4, 0.5) is 5.69 Å². The number of amides is 1. The zero-order chi connectivity index (χ0) is 16.3. The van der Waals surface area contributed by atoms with E-state index in [1.807, 2.05) is 0 Å². The van der Waals surface area contributed by atoms with Crippen molar-refractivity contribution in [1.82, 2.24) is 5.32 Å². The quantitative estimate of drug-likeness (QED) is 0.535. The summed E-state index contributed by atoms with van der Waals surface area (Å²) in [7, 11) is 0. The van der Waals surface area contributed by atoms with Crippen LogP contribution >= 0.6 is 47.0 Å². The number of nitrogens with one attached hydrogen (secondary N) is 2. The van der Waals surface area contributed by atoms with Crippen molar-refractivity contribution < 1.29 is 9.90 Å². The lowest BCUT2D eigenvalue weighted by Crippen LogP contribution is -2.34. The first kappa shape index (κ1) is 16.8. The highest BCUT2D eigenvalue weighted by Gasteiger charge is 2.12. The third-order valence-corrected chi connectivity index (χ3v) is 3.54. The normalized spacial score (nSPS) is 10.1. The van der Waals surface area contributed by atoms with Crippen molar-refractivity contribution in [2.45, 2.75) is 0 Å². The monoisotopic (exact) mass is 374 g/mol. The maximum absolute atomic E-state index is 12.0. The Morgan fingerprint density at radius 3 is 2.50 bits per heavy atom. The molecule has 0 aliphatic carbocycles. The molecule has 0 aromatic heterocycles. The van der Waals surface area contributed by atoms with Crippen molar-refractivity contribution in [2.24, 2.45) is 0 Å². The summed E-state index contributed by atoms with van der Waals surface area (Å²) in [5.74, 6) is -0.655. The van der Waals surface area contributed by atoms with Gasteiger partial charge in [-0.3, -0.25) is 10.1 Å². The highest BCUT2D eigenvalue weighted by Crippen LogP contribution is 2.34. The van der Waals surface area contributed by atoms with E-state index in [0.29, 0.717) is 15.6 Å². The second-order valence-corrected chi connectivity index (χ2v) is 5.89. The summed E-state index contributed by atoms with van der Waals surface area (Å²) >= 11 is 22.5. The molecule has 0 radical (unpaired) electrons. The maximum atomic E-state index is 12.0. The standard InChI is InChI=1S/C14H9Cl3N2O2S/c15-8-3-1-2-7(4-8)13(21)19-14(22)18-11-6-9(16)5-10(17)12(11)20/h1-6,20H,(H2,18,19,21,22). The average molecular weight is 376 g/mol. The van der Waals surface area contributed by atoms with Crippen molar-refractivity contribution in [2.75, 3.05) is 5.32 Å². The smallest absolute Gasteiger partial charge is 0.257 e. The van der Waals surface area contributed by atoms with Crippen LogP contribution in [0.1, 0.15) is 10.4 Å². The number of hydrogen-bond acceptors (Lipinski definition) is 3. The van der Waals surface area contributed by atoms with Gasteiger partial charge in [0.1, 0.15) is 0 Å². The summed E-state index contributed by atoms with van der Waals surface area (Å²) in [5.41, 5.74) is 0.541. The summed E-state index contributed by atoms with van der Waals surface area (Å²) in [4.78, 5) is 12.0. The van der Waals surface area contributed by atoms with E-state index in [4.69, 9.17) is 47.0 Å². The number of phenols is 1. The van der Waals surface area contributed by atoms with E-state index in [0.717, 1.165) is 0 Å². The number of rotatable bonds is 2. The van der Waals surface area contributed by atoms with Crippen LogP contribution in [-0.2, 0) is 0 Å². The predicted molar refractivity (Wildman–Crippen MR) is 93.3 cm³/mol. The fraction of sp³-hybridized carbons (Fsp3) is 0. The van der Waals surface area contributed by atoms with Gasteiger partial charge in [-0.05, 0) is 42.5 Å². The first-order valence-corrected chi connectivity index (χ1v) is 7.47. The summed E-state index contributed by atoms with van der Waals surface area (Å²) in [6, 6.07) is 9.22. The molecule has 2 rings (SSSR count). The molecule has 8 heteroatoms. The molecule has 0 heterocycles. The van der Waals surface area contributed by atoms with Crippen LogP contribution in [0, 0.1) is 0 Å². The molecule has 0 aliphatic heterocycles. The molecule has 114 valence electrons. The van der Waals surface area contributed by atoms with Crippen molar-refractivity contribution in [1.29, 1.82) is 0 Å². The molecule has 2 aromatic carbocycles. The van der Waals surface area contributed by atoms with Gasteiger partial charge in [-0.1, -0.05) is 40.9 Å². The summed E-state index contributed by atoms with van der Waals surface area (Å²) in [5, 5.41) is 15.7. The molecule has 0 bridgehead atoms. The largest absolute Gasteiger partial charge is 0.504 e. The van der Waals surface area contributed by atoms with Crippen LogP contribution in [0.2, 0.25) is 15.1 Å². The molecule has 0 fully saturated rings. The average Bonchev–Trinajstić information content (AvgIpc) is 2.44. The number of carbonyl (C=O) groups is 1. The minimum absolute atomic E-state index is 0.0152. The van der Waals surface area contributed by atoms with Gasteiger partial charge < -0.3 is 10.4 Å². The number of halogens is 3. The van der Waals surface area contributed by atoms with Crippen LogP contribution in [0.3, 0.4) is 0 Å². The van der Waals surface area contributed by atoms with Crippen LogP contribution in [-0.4, -0.2) is 16.1 Å². The fourth-order valence-corrected chi connectivity index (χ4v) is 2.51. The Bertz CT molecular complexity index is 753. The first-order valence-electron chi connectivity index (χ1n) is 5.92. The Labute approximate surface area is 147 Å². The number of carbonyl (C=O) groups excluding carboxylic acids is 1. The highest BCUT2D eigenvalue weighted by atomic mass is 35.5. The molecular weight excluding hydrogens is 367 g/mol. The molecule has 0 atom stereocenters. The number of thiocarbonyl (C=S) groups is 1. The van der Waals surface area contributed by atoms with E-state index in [9.17, 15) is 9.90 Å². The fourth-order valence-electron chi connectivity index (χ4n) is 1.62. The Morgan fingerprint density at radius 2 is 1.82 bits per heavy atom. The second-order valence-electron chi connectivity index (χ2n) is 4.20. The number of hydrogen-bond donors (Lipinski definition) is 3. The predicted octanol–water partition coefficient (Wildman–Crippen LogP) is 4.48. The van der Waals surface area contributed by atoms with E-state index in [1.54, 1.807) is 18.2 Å². The summed E-state index contributed by atoms with van der Waals surface area (Å²) in [6.07, 6.45) is 0. The molecular formula is C14H9Cl3N2O2S. The topological polar surface area (TPSA) is 61.4 Å². The van der Waals surface area contributed by atoms with Gasteiger partial charge in [0.25, 0.3) is 5.91 Å². The van der Waals surface area contributed by atoms with Gasteiger partial charge in [-0.15, -0.1) is 0 Å². The van der Waals surface area contributed by atoms with Gasteiger partial charge in [0.15, 0.2) is 10.9 Å². The van der Waals surface area contributed by atoms with Gasteiger partial charge in [0.2, 0.25) is 0 Å². The van der Waals surface area contributed by atoms with Gasteiger partial charge >= 0.3 is 0 Å². The minimum Gasteiger partial charge on any atom is -0.504 e. The van der Waals surface area contributed by atoms with Crippen LogP contribution in [0.5, 0.6) is 5.75 Å². The molecule has 0 aliphatic rings. The molecule has 22 heavy (non-hydrogen) atoms. The van der Waals surface area contributed by atoms with Gasteiger partial charge in [-0.2, -0.15) is 0 Å². The minimum atomic E-state index is -0.437. The Kier molecular flexibility index (Phi) is 5.47. The molecule has 0 unspecified atom stereocenters. The lowest BCUT2D eigenvalue weighted by molar-refractivity contribution is 0.0977. The number of phenolic OH excluding ortho intramolecular Hbond substituents is 1. The SMILES string of the molecule is O=C(NC(=S)Nc1cc(Cl)cc(Cl)c1O)c1cccc(Cl)c1. The number of aromatic hydroxyl groups is 1. The molecule has 3 N–H and O–H groups in total. The van der Waals surface area contributed by atoms with Gasteiger partial charge in [0.05, 0.1) is 10.7 Å². The first-order chi connectivity index (χ1) is 10.4. The Morgan fingerprint density at radius 1 is 1.09 bits per heavy atom. The lowest BCUT2D eigenvalue weighted by Gasteiger charge is -2.12. The summed E-state index contributed by atoms with van der Waals surface area (Å²) < 4.78 is 0. The molecule has 0 saturated carbocycles. The molecule has 0 saturated heterocycles. The van der Waals surface area contributed by atoms with E-state index >= 15 is 0 Å². The van der Waals surface area contributed by atoms with Gasteiger partial charge in [0, 0.05) is 15.6 Å². The highest BCUT2D eigenvalue weighted by molar-refractivity contribution is 7.80. The molecule has 2 aromatic rings. The third-order valence-electron chi connectivity index (χ3n) is 2.59. The Hall–Kier alpha value is -1.53. The van der Waals surface area contributed by atoms with Crippen LogP contribution in [0.15, 0.2) is 36.4 Å².